The molecule has 0 spiro atoms. The van der Waals surface area contributed by atoms with Crippen molar-refractivity contribution in [2.75, 3.05) is 13.7 Å². The molecule has 11 atom stereocenters. The summed E-state index contributed by atoms with van der Waals surface area (Å²) in [7, 11) is 1.39. The van der Waals surface area contributed by atoms with Gasteiger partial charge in [0.15, 0.2) is 5.78 Å². The van der Waals surface area contributed by atoms with Crippen LogP contribution in [0.3, 0.4) is 0 Å². The molecule has 8 heteroatoms. The molecule has 8 nitrogen and oxygen atoms in total. The van der Waals surface area contributed by atoms with Crippen molar-refractivity contribution in [2.45, 2.75) is 71.3 Å². The van der Waals surface area contributed by atoms with Gasteiger partial charge in [-0.1, -0.05) is 32.4 Å². The molecule has 7 rings (SSSR count). The van der Waals surface area contributed by atoms with Crippen molar-refractivity contribution in [3.63, 3.8) is 0 Å². The van der Waals surface area contributed by atoms with Crippen LogP contribution in [0.5, 0.6) is 0 Å². The van der Waals surface area contributed by atoms with Crippen LogP contribution in [0.15, 0.2) is 40.2 Å². The Balaban J connectivity index is 1.44. The number of hydrogen-bond acceptors (Lipinski definition) is 8. The first-order chi connectivity index (χ1) is 18.0. The monoisotopic (exact) mass is 521 g/mol. The minimum Gasteiger partial charge on any atom is -0.472 e. The number of nitrogens with one attached hydrogen (secondary N) is 1. The summed E-state index contributed by atoms with van der Waals surface area (Å²) in [4.78, 5) is 40.5. The second-order valence-electron chi connectivity index (χ2n) is 12.9. The molecule has 0 radical (unpaired) electrons. The van der Waals surface area contributed by atoms with E-state index in [0.717, 1.165) is 24.1 Å². The van der Waals surface area contributed by atoms with Gasteiger partial charge in [0.25, 0.3) is 0 Å². The fourth-order valence-corrected chi connectivity index (χ4v) is 9.67. The number of ketones is 1. The summed E-state index contributed by atoms with van der Waals surface area (Å²) >= 11 is 0. The van der Waals surface area contributed by atoms with Crippen LogP contribution in [0.1, 0.15) is 64.1 Å². The topological polar surface area (TPSA) is 114 Å². The average Bonchev–Trinajstić information content (AvgIpc) is 3.26. The first-order valence-electron chi connectivity index (χ1n) is 13.7. The second-order valence-corrected chi connectivity index (χ2v) is 12.9. The molecular formula is C30H35NO7. The molecule has 3 aliphatic carbocycles. The highest BCUT2D eigenvalue weighted by Crippen LogP contribution is 2.72. The number of hydrogen-bond donors (Lipinski definition) is 1. The van der Waals surface area contributed by atoms with E-state index in [1.54, 1.807) is 6.08 Å². The van der Waals surface area contributed by atoms with Gasteiger partial charge in [-0.25, -0.2) is 0 Å². The lowest BCUT2D eigenvalue weighted by atomic mass is 9.40. The van der Waals surface area contributed by atoms with Crippen molar-refractivity contribution >= 4 is 17.7 Å². The molecule has 4 fully saturated rings. The highest BCUT2D eigenvalue weighted by molar-refractivity contribution is 6.00. The molecule has 0 bridgehead atoms. The Morgan fingerprint density at radius 1 is 1.16 bits per heavy atom. The normalized spacial score (nSPS) is 46.9. The maximum atomic E-state index is 13.9. The van der Waals surface area contributed by atoms with Crippen LogP contribution in [0, 0.1) is 34.0 Å². The van der Waals surface area contributed by atoms with Crippen molar-refractivity contribution in [3.8, 4) is 0 Å². The summed E-state index contributed by atoms with van der Waals surface area (Å²) in [6, 6.07) is 0.315. The summed E-state index contributed by atoms with van der Waals surface area (Å²) < 4.78 is 23.9. The number of carbonyl (C=O) groups excluding carboxylic acids is 3. The van der Waals surface area contributed by atoms with E-state index in [1.165, 1.54) is 24.3 Å². The van der Waals surface area contributed by atoms with E-state index in [9.17, 15) is 14.4 Å². The summed E-state index contributed by atoms with van der Waals surface area (Å²) in [5.74, 6) is -2.15. The molecule has 2 unspecified atom stereocenters. The first kappa shape index (κ1) is 24.3. The van der Waals surface area contributed by atoms with Crippen LogP contribution >= 0.6 is 0 Å². The SMILES string of the molecule is COC(=O)C(C)[C@H]1[C@]2(C)C3=C(C)[C@H](c4cocc4C4CN4)C[C@H]3O[C@@H]2[C@@H]2OC(=O)[C@]3(C)C=CC(=O)[C@@]1(C)[C@@H]23. The van der Waals surface area contributed by atoms with Gasteiger partial charge in [0.05, 0.1) is 37.1 Å². The number of ether oxygens (including phenoxy) is 3. The zero-order valence-corrected chi connectivity index (χ0v) is 22.7. The van der Waals surface area contributed by atoms with E-state index >= 15 is 0 Å². The van der Waals surface area contributed by atoms with E-state index in [2.05, 4.69) is 19.2 Å². The molecule has 4 heterocycles. The summed E-state index contributed by atoms with van der Waals surface area (Å²) in [5, 5.41) is 3.38. The molecule has 38 heavy (non-hydrogen) atoms. The highest BCUT2D eigenvalue weighted by atomic mass is 16.6. The Kier molecular flexibility index (Phi) is 4.79. The Hall–Kier alpha value is -2.71. The van der Waals surface area contributed by atoms with E-state index in [1.807, 2.05) is 33.3 Å². The van der Waals surface area contributed by atoms with Gasteiger partial charge in [-0.3, -0.25) is 14.4 Å². The number of esters is 2. The largest absolute Gasteiger partial charge is 0.472 e. The maximum Gasteiger partial charge on any atom is 0.316 e. The van der Waals surface area contributed by atoms with Gasteiger partial charge in [0, 0.05) is 46.4 Å². The summed E-state index contributed by atoms with van der Waals surface area (Å²) in [6.07, 6.45) is 6.42. The number of methoxy groups -OCH3 is 1. The third-order valence-electron chi connectivity index (χ3n) is 11.2. The van der Waals surface area contributed by atoms with Crippen molar-refractivity contribution in [1.29, 1.82) is 0 Å². The van der Waals surface area contributed by atoms with Gasteiger partial charge in [-0.15, -0.1) is 0 Å². The molecule has 6 aliphatic rings. The summed E-state index contributed by atoms with van der Waals surface area (Å²) in [5.41, 5.74) is 1.97. The maximum absolute atomic E-state index is 13.9. The van der Waals surface area contributed by atoms with E-state index in [0.29, 0.717) is 6.04 Å². The van der Waals surface area contributed by atoms with Crippen LogP contribution in [-0.4, -0.2) is 49.7 Å². The lowest BCUT2D eigenvalue weighted by Crippen LogP contribution is -2.67. The van der Waals surface area contributed by atoms with Crippen LogP contribution in [0.2, 0.25) is 0 Å². The van der Waals surface area contributed by atoms with Gasteiger partial charge in [0.1, 0.15) is 12.2 Å². The number of fused-ring (bicyclic) bond motifs is 4. The molecule has 1 aromatic heterocycles. The molecule has 202 valence electrons. The minimum absolute atomic E-state index is 0.0723. The Morgan fingerprint density at radius 3 is 2.55 bits per heavy atom. The fraction of sp³-hybridized carbons (Fsp3) is 0.633. The van der Waals surface area contributed by atoms with E-state index in [4.69, 9.17) is 18.6 Å². The molecule has 3 aliphatic heterocycles. The Morgan fingerprint density at radius 2 is 1.87 bits per heavy atom. The van der Waals surface area contributed by atoms with E-state index in [-0.39, 0.29) is 29.7 Å². The molecular weight excluding hydrogens is 486 g/mol. The van der Waals surface area contributed by atoms with Crippen LogP contribution < -0.4 is 5.32 Å². The fourth-order valence-electron chi connectivity index (χ4n) is 9.67. The van der Waals surface area contributed by atoms with Gasteiger partial charge in [0.2, 0.25) is 0 Å². The second kappa shape index (κ2) is 7.48. The number of carbonyl (C=O) groups is 3. The molecule has 1 N–H and O–H groups in total. The first-order valence-corrected chi connectivity index (χ1v) is 13.7. The number of allylic oxidation sites excluding steroid dienone is 2. The predicted molar refractivity (Wildman–Crippen MR) is 135 cm³/mol. The Labute approximate surface area is 222 Å². The Bertz CT molecular complexity index is 1340. The van der Waals surface area contributed by atoms with Crippen molar-refractivity contribution in [2.24, 2.45) is 34.0 Å². The lowest BCUT2D eigenvalue weighted by Gasteiger charge is -2.60. The van der Waals surface area contributed by atoms with Crippen LogP contribution in [-0.2, 0) is 28.6 Å². The molecule has 3 saturated heterocycles. The predicted octanol–water partition coefficient (Wildman–Crippen LogP) is 3.63. The molecule has 1 aromatic rings. The quantitative estimate of drug-likeness (QED) is 0.363. The van der Waals surface area contributed by atoms with Crippen LogP contribution in [0.4, 0.5) is 0 Å². The lowest BCUT2D eigenvalue weighted by molar-refractivity contribution is -0.198. The van der Waals surface area contributed by atoms with Gasteiger partial charge in [-0.2, -0.15) is 0 Å². The molecule has 0 aromatic carbocycles. The van der Waals surface area contributed by atoms with Crippen molar-refractivity contribution in [1.82, 2.24) is 5.32 Å². The minimum atomic E-state index is -1.03. The summed E-state index contributed by atoms with van der Waals surface area (Å²) in [6.45, 7) is 10.9. The zero-order valence-electron chi connectivity index (χ0n) is 22.7. The van der Waals surface area contributed by atoms with Gasteiger partial charge >= 0.3 is 11.9 Å². The van der Waals surface area contributed by atoms with Gasteiger partial charge < -0.3 is 23.9 Å². The number of rotatable bonds is 4. The van der Waals surface area contributed by atoms with Crippen LogP contribution in [0.25, 0.3) is 0 Å². The average molecular weight is 522 g/mol. The van der Waals surface area contributed by atoms with Crippen molar-refractivity contribution in [3.05, 3.63) is 47.0 Å². The highest BCUT2D eigenvalue weighted by Gasteiger charge is 2.78. The van der Waals surface area contributed by atoms with E-state index < -0.39 is 46.2 Å². The zero-order chi connectivity index (χ0) is 26.9. The smallest absolute Gasteiger partial charge is 0.316 e. The third kappa shape index (κ3) is 2.66. The molecule has 0 amide bonds. The number of furan rings is 1. The van der Waals surface area contributed by atoms with Crippen molar-refractivity contribution < 1.29 is 33.0 Å². The van der Waals surface area contributed by atoms with Gasteiger partial charge in [-0.05, 0) is 37.8 Å². The molecule has 1 saturated carbocycles. The standard InChI is InChI=1S/C30H35NO7/c1-13-15(16-11-36-12-17(16)18-10-31-18)9-19-21(13)30(5)23(14(2)26(33)35-6)29(4)20(32)7-8-28(3)24(29)22(25(30)37-19)38-27(28)34/h7-8,11-12,14-15,18-19,22-25,31H,9-10H2,1-6H3/t14?,15-,18?,19-,22-,23-,24+,25-,28-,29-,30+/m1/s1. The third-order valence-corrected chi connectivity index (χ3v) is 11.2.